The molecule has 7 heteroatoms. The molecule has 1 unspecified atom stereocenters. The maximum atomic E-state index is 13.0. The van der Waals surface area contributed by atoms with Gasteiger partial charge in [-0.1, -0.05) is 12.1 Å². The van der Waals surface area contributed by atoms with Crippen LogP contribution in [-0.2, 0) is 11.3 Å². The highest BCUT2D eigenvalue weighted by molar-refractivity contribution is 6.20. The van der Waals surface area contributed by atoms with Crippen LogP contribution in [0, 0.1) is 5.82 Å². The summed E-state index contributed by atoms with van der Waals surface area (Å²) in [5, 5.41) is 4.22. The summed E-state index contributed by atoms with van der Waals surface area (Å²) in [5.41, 5.74) is 0.846. The topological polar surface area (TPSA) is 58.4 Å². The van der Waals surface area contributed by atoms with E-state index in [0.717, 1.165) is 18.4 Å². The predicted molar refractivity (Wildman–Crippen MR) is 85.0 cm³/mol. The van der Waals surface area contributed by atoms with Crippen molar-refractivity contribution in [2.75, 3.05) is 11.4 Å². The second-order valence-electron chi connectivity index (χ2n) is 6.13. The number of anilines is 1. The predicted octanol–water partition coefficient (Wildman–Crippen LogP) is 2.39. The molecule has 0 radical (unpaired) electrons. The summed E-state index contributed by atoms with van der Waals surface area (Å²) in [5.74, 6) is -0.0227. The molecule has 24 heavy (non-hydrogen) atoms. The highest BCUT2D eigenvalue weighted by atomic mass is 19.1. The van der Waals surface area contributed by atoms with Crippen LogP contribution in [0.5, 0.6) is 0 Å². The second kappa shape index (κ2) is 5.74. The SMILES string of the molecule is O=C1C2CCCCN2C(=O)N1c1ccnn1Cc1ccc(F)cc1. The van der Waals surface area contributed by atoms with Gasteiger partial charge < -0.3 is 4.90 Å². The van der Waals surface area contributed by atoms with Gasteiger partial charge in [-0.25, -0.2) is 18.8 Å². The first-order valence-corrected chi connectivity index (χ1v) is 8.06. The van der Waals surface area contributed by atoms with Gasteiger partial charge in [0.05, 0.1) is 12.7 Å². The third-order valence-electron chi connectivity index (χ3n) is 4.61. The van der Waals surface area contributed by atoms with E-state index < -0.39 is 0 Å². The number of imide groups is 1. The van der Waals surface area contributed by atoms with Gasteiger partial charge in [-0.3, -0.25) is 4.79 Å². The molecule has 6 nitrogen and oxygen atoms in total. The van der Waals surface area contributed by atoms with E-state index in [-0.39, 0.29) is 23.8 Å². The lowest BCUT2D eigenvalue weighted by Crippen LogP contribution is -2.39. The fourth-order valence-electron chi connectivity index (χ4n) is 3.40. The Kier molecular flexibility index (Phi) is 3.55. The molecule has 3 heterocycles. The number of rotatable bonds is 3. The number of amides is 3. The van der Waals surface area contributed by atoms with Gasteiger partial charge in [0, 0.05) is 12.6 Å². The minimum Gasteiger partial charge on any atom is -0.312 e. The lowest BCUT2D eigenvalue weighted by Gasteiger charge is -2.25. The Morgan fingerprint density at radius 1 is 1.12 bits per heavy atom. The van der Waals surface area contributed by atoms with Gasteiger partial charge >= 0.3 is 6.03 Å². The van der Waals surface area contributed by atoms with Crippen molar-refractivity contribution in [2.45, 2.75) is 31.8 Å². The van der Waals surface area contributed by atoms with Crippen molar-refractivity contribution < 1.29 is 14.0 Å². The Labute approximate surface area is 138 Å². The Bertz CT molecular complexity index is 762. The molecule has 0 aliphatic carbocycles. The number of hydrogen-bond donors (Lipinski definition) is 0. The van der Waals surface area contributed by atoms with Crippen molar-refractivity contribution in [2.24, 2.45) is 0 Å². The van der Waals surface area contributed by atoms with Crippen molar-refractivity contribution in [3.8, 4) is 0 Å². The summed E-state index contributed by atoms with van der Waals surface area (Å²) in [6, 6.07) is 7.13. The number of fused-ring (bicyclic) bond motifs is 1. The number of carbonyl (C=O) groups is 2. The standard InChI is InChI=1S/C17H17FN4O2/c18-13-6-4-12(5-7-13)11-21-15(8-9-19-21)22-16(23)14-3-1-2-10-20(14)17(22)24/h4-9,14H,1-3,10-11H2. The average Bonchev–Trinajstić information content (AvgIpc) is 3.13. The molecule has 2 fully saturated rings. The molecular weight excluding hydrogens is 311 g/mol. The van der Waals surface area contributed by atoms with Crippen LogP contribution in [-0.4, -0.2) is 39.2 Å². The molecule has 0 bridgehead atoms. The Morgan fingerprint density at radius 2 is 1.92 bits per heavy atom. The number of urea groups is 1. The van der Waals surface area contributed by atoms with E-state index in [2.05, 4.69) is 5.10 Å². The zero-order valence-corrected chi connectivity index (χ0v) is 13.1. The van der Waals surface area contributed by atoms with Crippen LogP contribution in [0.15, 0.2) is 36.5 Å². The fourth-order valence-corrected chi connectivity index (χ4v) is 3.40. The number of piperidine rings is 1. The van der Waals surface area contributed by atoms with Crippen LogP contribution in [0.25, 0.3) is 0 Å². The number of benzene rings is 1. The lowest BCUT2D eigenvalue weighted by atomic mass is 10.0. The van der Waals surface area contributed by atoms with Gasteiger partial charge in [0.25, 0.3) is 5.91 Å². The van der Waals surface area contributed by atoms with Gasteiger partial charge in [0.15, 0.2) is 0 Å². The Balaban J connectivity index is 1.63. The van der Waals surface area contributed by atoms with E-state index in [4.69, 9.17) is 0 Å². The minimum atomic E-state index is -0.347. The first kappa shape index (κ1) is 14.9. The largest absolute Gasteiger partial charge is 0.333 e. The average molecular weight is 328 g/mol. The summed E-state index contributed by atoms with van der Waals surface area (Å²) in [7, 11) is 0. The maximum absolute atomic E-state index is 13.0. The minimum absolute atomic E-state index is 0.180. The molecular formula is C17H17FN4O2. The van der Waals surface area contributed by atoms with Crippen molar-refractivity contribution >= 4 is 17.8 Å². The van der Waals surface area contributed by atoms with Crippen LogP contribution in [0.1, 0.15) is 24.8 Å². The highest BCUT2D eigenvalue weighted by Gasteiger charge is 2.47. The quantitative estimate of drug-likeness (QED) is 0.813. The highest BCUT2D eigenvalue weighted by Crippen LogP contribution is 2.30. The maximum Gasteiger partial charge on any atom is 0.333 e. The number of hydrogen-bond acceptors (Lipinski definition) is 3. The van der Waals surface area contributed by atoms with Gasteiger partial charge in [-0.2, -0.15) is 5.10 Å². The summed E-state index contributed by atoms with van der Waals surface area (Å²) in [6.45, 7) is 0.988. The summed E-state index contributed by atoms with van der Waals surface area (Å²) >= 11 is 0. The van der Waals surface area contributed by atoms with Crippen LogP contribution in [0.3, 0.4) is 0 Å². The molecule has 4 rings (SSSR count). The smallest absolute Gasteiger partial charge is 0.312 e. The van der Waals surface area contributed by atoms with Crippen molar-refractivity contribution in [1.29, 1.82) is 0 Å². The van der Waals surface area contributed by atoms with Crippen molar-refractivity contribution in [3.63, 3.8) is 0 Å². The van der Waals surface area contributed by atoms with Crippen LogP contribution in [0.2, 0.25) is 0 Å². The number of halogens is 1. The van der Waals surface area contributed by atoms with Crippen molar-refractivity contribution in [3.05, 3.63) is 47.9 Å². The summed E-state index contributed by atoms with van der Waals surface area (Å²) in [4.78, 5) is 28.2. The zero-order valence-electron chi connectivity index (χ0n) is 13.1. The molecule has 2 aliphatic rings. The molecule has 1 atom stereocenters. The molecule has 2 saturated heterocycles. The molecule has 1 aromatic heterocycles. The van der Waals surface area contributed by atoms with Crippen LogP contribution in [0.4, 0.5) is 15.0 Å². The van der Waals surface area contributed by atoms with E-state index >= 15 is 0 Å². The van der Waals surface area contributed by atoms with E-state index in [1.165, 1.54) is 17.0 Å². The molecule has 0 N–H and O–H groups in total. The number of nitrogens with zero attached hydrogens (tertiary/aromatic N) is 4. The third kappa shape index (κ3) is 2.36. The summed E-state index contributed by atoms with van der Waals surface area (Å²) in [6.07, 6.45) is 4.17. The first-order chi connectivity index (χ1) is 11.6. The van der Waals surface area contributed by atoms with Crippen LogP contribution >= 0.6 is 0 Å². The van der Waals surface area contributed by atoms with Gasteiger partial charge in [0.2, 0.25) is 0 Å². The fraction of sp³-hybridized carbons (Fsp3) is 0.353. The third-order valence-corrected chi connectivity index (χ3v) is 4.61. The Hall–Kier alpha value is -2.70. The molecule has 2 aliphatic heterocycles. The molecule has 0 saturated carbocycles. The summed E-state index contributed by atoms with van der Waals surface area (Å²) < 4.78 is 14.6. The van der Waals surface area contributed by atoms with E-state index in [1.54, 1.807) is 34.0 Å². The molecule has 2 aromatic rings. The monoisotopic (exact) mass is 328 g/mol. The Morgan fingerprint density at radius 3 is 2.67 bits per heavy atom. The van der Waals surface area contributed by atoms with Gasteiger partial charge in [-0.05, 0) is 37.0 Å². The van der Waals surface area contributed by atoms with Crippen LogP contribution < -0.4 is 4.90 Å². The van der Waals surface area contributed by atoms with Gasteiger partial charge in [-0.15, -0.1) is 0 Å². The first-order valence-electron chi connectivity index (χ1n) is 8.06. The van der Waals surface area contributed by atoms with Crippen molar-refractivity contribution in [1.82, 2.24) is 14.7 Å². The lowest BCUT2D eigenvalue weighted by molar-refractivity contribution is -0.120. The van der Waals surface area contributed by atoms with Gasteiger partial charge in [0.1, 0.15) is 17.7 Å². The van der Waals surface area contributed by atoms with E-state index in [0.29, 0.717) is 25.3 Å². The molecule has 3 amide bonds. The molecule has 1 aromatic carbocycles. The zero-order chi connectivity index (χ0) is 16.7. The second-order valence-corrected chi connectivity index (χ2v) is 6.13. The molecule has 124 valence electrons. The number of aromatic nitrogens is 2. The normalized spacial score (nSPS) is 20.6. The van der Waals surface area contributed by atoms with E-state index in [1.807, 2.05) is 0 Å². The molecule has 0 spiro atoms. The van der Waals surface area contributed by atoms with E-state index in [9.17, 15) is 14.0 Å². The number of carbonyl (C=O) groups excluding carboxylic acids is 2.